The summed E-state index contributed by atoms with van der Waals surface area (Å²) in [5, 5.41) is 4.18. The highest BCUT2D eigenvalue weighted by Crippen LogP contribution is 2.50. The molecule has 9 rings (SSSR count). The second kappa shape index (κ2) is 12.9. The Bertz CT molecular complexity index is 2160. The van der Waals surface area contributed by atoms with Gasteiger partial charge < -0.3 is 19.7 Å². The zero-order chi connectivity index (χ0) is 36.6. The van der Waals surface area contributed by atoms with Crippen molar-refractivity contribution in [1.82, 2.24) is 35.0 Å². The van der Waals surface area contributed by atoms with Gasteiger partial charge in [-0.05, 0) is 30.9 Å². The minimum Gasteiger partial charge on any atom is -0.481 e. The summed E-state index contributed by atoms with van der Waals surface area (Å²) in [7, 11) is 3.28. The molecule has 11 nitrogen and oxygen atoms in total. The summed E-state index contributed by atoms with van der Waals surface area (Å²) in [5.74, 6) is 1.36. The predicted molar refractivity (Wildman–Crippen MR) is 202 cm³/mol. The van der Waals surface area contributed by atoms with Crippen LogP contribution in [0.1, 0.15) is 49.0 Å². The van der Waals surface area contributed by atoms with E-state index in [0.29, 0.717) is 46.0 Å². The average Bonchev–Trinajstić information content (AvgIpc) is 3.71. The van der Waals surface area contributed by atoms with Crippen molar-refractivity contribution in [3.8, 4) is 45.4 Å². The monoisotopic (exact) mass is 753 g/mol. The number of halogens is 2. The summed E-state index contributed by atoms with van der Waals surface area (Å²) in [6.45, 7) is 7.48. The van der Waals surface area contributed by atoms with E-state index >= 15 is 0 Å². The summed E-state index contributed by atoms with van der Waals surface area (Å²) >= 11 is 14.4. The number of amides is 2. The van der Waals surface area contributed by atoms with Gasteiger partial charge in [0.2, 0.25) is 23.6 Å². The number of nitrogens with zero attached hydrogens (tertiary/aromatic N) is 6. The highest BCUT2D eigenvalue weighted by Gasteiger charge is 2.55. The molecule has 2 aromatic carbocycles. The fourth-order valence-corrected chi connectivity index (χ4v) is 9.93. The van der Waals surface area contributed by atoms with Gasteiger partial charge in [-0.2, -0.15) is 0 Å². The largest absolute Gasteiger partial charge is 0.481 e. The first kappa shape index (κ1) is 34.5. The van der Waals surface area contributed by atoms with E-state index in [4.69, 9.17) is 47.6 Å². The molecule has 4 fully saturated rings. The lowest BCUT2D eigenvalue weighted by Gasteiger charge is -2.61. The molecule has 0 bridgehead atoms. The van der Waals surface area contributed by atoms with E-state index < -0.39 is 0 Å². The molecule has 274 valence electrons. The SMILES string of the molecule is COc1nc(-c2cccc(-c3cccc(-c4cc5c(c(OC)n4)C(N4CC6(CN(C(C)=O)C6)C4)CC5)c3Cl)c2Cl)cnc1CN1CC2(CCC(=O)N2)C1. The van der Waals surface area contributed by atoms with Crippen LogP contribution < -0.4 is 14.8 Å². The Hall–Kier alpha value is -4.29. The van der Waals surface area contributed by atoms with E-state index in [1.165, 1.54) is 5.56 Å². The number of hydrogen-bond donors (Lipinski definition) is 1. The Morgan fingerprint density at radius 3 is 2.15 bits per heavy atom. The molecule has 0 saturated carbocycles. The maximum atomic E-state index is 11.8. The topological polar surface area (TPSA) is 113 Å². The van der Waals surface area contributed by atoms with Gasteiger partial charge >= 0.3 is 0 Å². The molecule has 1 aliphatic carbocycles. The number of fused-ring (bicyclic) bond motifs is 1. The van der Waals surface area contributed by atoms with E-state index in [0.717, 1.165) is 92.2 Å². The number of benzene rings is 2. The van der Waals surface area contributed by atoms with Gasteiger partial charge in [0.05, 0.1) is 47.4 Å². The maximum absolute atomic E-state index is 11.8. The fraction of sp³-hybridized carbons (Fsp3) is 0.425. The molecule has 4 aromatic rings. The summed E-state index contributed by atoms with van der Waals surface area (Å²) in [5.41, 5.74) is 7.66. The Morgan fingerprint density at radius 2 is 1.53 bits per heavy atom. The van der Waals surface area contributed by atoms with Crippen LogP contribution in [-0.4, -0.2) is 100 Å². The van der Waals surface area contributed by atoms with E-state index in [1.54, 1.807) is 27.3 Å². The van der Waals surface area contributed by atoms with Crippen LogP contribution >= 0.6 is 23.2 Å². The molecule has 1 unspecified atom stereocenters. The molecule has 5 aliphatic rings. The predicted octanol–water partition coefficient (Wildman–Crippen LogP) is 5.81. The number of aryl methyl sites for hydroxylation is 1. The Kier molecular flexibility index (Phi) is 8.41. The molecule has 1 N–H and O–H groups in total. The minimum absolute atomic E-state index is 0.105. The van der Waals surface area contributed by atoms with Crippen LogP contribution in [0, 0.1) is 5.41 Å². The smallest absolute Gasteiger partial charge is 0.237 e. The summed E-state index contributed by atoms with van der Waals surface area (Å²) < 4.78 is 11.6. The lowest BCUT2D eigenvalue weighted by atomic mass is 9.72. The van der Waals surface area contributed by atoms with Crippen molar-refractivity contribution in [1.29, 1.82) is 0 Å². The van der Waals surface area contributed by atoms with E-state index in [2.05, 4.69) is 21.2 Å². The van der Waals surface area contributed by atoms with Crippen molar-refractivity contribution in [3.05, 3.63) is 75.5 Å². The molecule has 1 atom stereocenters. The van der Waals surface area contributed by atoms with Gasteiger partial charge in [-0.15, -0.1) is 0 Å². The highest BCUT2D eigenvalue weighted by molar-refractivity contribution is 6.39. The third-order valence-electron chi connectivity index (χ3n) is 11.8. The number of pyridine rings is 1. The number of nitrogens with one attached hydrogen (secondary N) is 1. The zero-order valence-corrected chi connectivity index (χ0v) is 31.6. The second-order valence-electron chi connectivity index (χ2n) is 15.4. The number of aromatic nitrogens is 3. The van der Waals surface area contributed by atoms with E-state index in [9.17, 15) is 9.59 Å². The van der Waals surface area contributed by atoms with Crippen LogP contribution in [0.25, 0.3) is 33.6 Å². The molecule has 0 radical (unpaired) electrons. The number of hydrogen-bond acceptors (Lipinski definition) is 9. The third-order valence-corrected chi connectivity index (χ3v) is 12.7. The van der Waals surface area contributed by atoms with Crippen molar-refractivity contribution in [2.24, 2.45) is 5.41 Å². The molecule has 4 aliphatic heterocycles. The van der Waals surface area contributed by atoms with Crippen LogP contribution in [-0.2, 0) is 22.6 Å². The normalized spacial score (nSPS) is 21.2. The van der Waals surface area contributed by atoms with Gasteiger partial charge in [0.1, 0.15) is 5.69 Å². The van der Waals surface area contributed by atoms with E-state index in [1.807, 2.05) is 41.3 Å². The van der Waals surface area contributed by atoms with Crippen molar-refractivity contribution in [2.45, 2.75) is 50.7 Å². The summed E-state index contributed by atoms with van der Waals surface area (Å²) in [4.78, 5) is 44.8. The van der Waals surface area contributed by atoms with Gasteiger partial charge in [-0.3, -0.25) is 24.4 Å². The van der Waals surface area contributed by atoms with Crippen LogP contribution in [0.4, 0.5) is 0 Å². The maximum Gasteiger partial charge on any atom is 0.237 e. The third kappa shape index (κ3) is 5.83. The molecule has 2 spiro atoms. The first-order valence-electron chi connectivity index (χ1n) is 18.2. The molecule has 4 saturated heterocycles. The molecule has 6 heterocycles. The van der Waals surface area contributed by atoms with Crippen LogP contribution in [0.15, 0.2) is 48.7 Å². The fourth-order valence-electron chi connectivity index (χ4n) is 9.28. The van der Waals surface area contributed by atoms with Crippen LogP contribution in [0.5, 0.6) is 11.8 Å². The minimum atomic E-state index is -0.105. The van der Waals surface area contributed by atoms with Crippen molar-refractivity contribution >= 4 is 35.0 Å². The zero-order valence-electron chi connectivity index (χ0n) is 30.0. The van der Waals surface area contributed by atoms with Crippen LogP contribution in [0.2, 0.25) is 10.0 Å². The summed E-state index contributed by atoms with van der Waals surface area (Å²) in [6, 6.07) is 14.1. The number of carbonyl (C=O) groups excluding carboxylic acids is 2. The standard InChI is InChI=1S/C40H41Cl2N7O4/c1-23(50)48-17-39(18-48)19-49(20-39)32-11-10-24-14-29(44-38(53-3)34(24)32)27-8-4-6-25(35(27)41)26-7-5-9-28(36(26)42)30-15-43-31(37(45-30)52-2)16-47-21-40(22-47)13-12-33(51)46-40/h4-9,14-15,32H,10-13,16-22H2,1-3H3,(H,46,51). The molecule has 2 aromatic heterocycles. The van der Waals surface area contributed by atoms with E-state index in [-0.39, 0.29) is 28.8 Å². The second-order valence-corrected chi connectivity index (χ2v) is 16.2. The molecular weight excluding hydrogens is 713 g/mol. The number of ether oxygens (including phenoxy) is 2. The van der Waals surface area contributed by atoms with Crippen molar-refractivity contribution in [3.63, 3.8) is 0 Å². The van der Waals surface area contributed by atoms with Gasteiger partial charge in [0.25, 0.3) is 0 Å². The number of likely N-dealkylation sites (tertiary alicyclic amines) is 3. The van der Waals surface area contributed by atoms with Gasteiger partial charge in [-0.25, -0.2) is 9.97 Å². The Morgan fingerprint density at radius 1 is 0.887 bits per heavy atom. The first-order chi connectivity index (χ1) is 25.6. The lowest BCUT2D eigenvalue weighted by molar-refractivity contribution is -0.161. The molecule has 13 heteroatoms. The van der Waals surface area contributed by atoms with Crippen LogP contribution in [0.3, 0.4) is 0 Å². The first-order valence-corrected chi connectivity index (χ1v) is 18.9. The summed E-state index contributed by atoms with van der Waals surface area (Å²) in [6.07, 6.45) is 5.13. The average molecular weight is 755 g/mol. The Labute approximate surface area is 318 Å². The molecule has 53 heavy (non-hydrogen) atoms. The highest BCUT2D eigenvalue weighted by atomic mass is 35.5. The number of carbonyl (C=O) groups is 2. The van der Waals surface area contributed by atoms with Crippen molar-refractivity contribution in [2.75, 3.05) is 53.5 Å². The van der Waals surface area contributed by atoms with Gasteiger partial charge in [0.15, 0.2) is 0 Å². The molecular formula is C40H41Cl2N7O4. The number of rotatable bonds is 8. The van der Waals surface area contributed by atoms with Gasteiger partial charge in [0, 0.05) is 98.4 Å². The van der Waals surface area contributed by atoms with Crippen molar-refractivity contribution < 1.29 is 19.1 Å². The van der Waals surface area contributed by atoms with Gasteiger partial charge in [-0.1, -0.05) is 59.6 Å². The Balaban J connectivity index is 0.958. The molecule has 2 amide bonds. The number of methoxy groups -OCH3 is 2. The quantitative estimate of drug-likeness (QED) is 0.238. The lowest BCUT2D eigenvalue weighted by Crippen LogP contribution is -2.72.